The first-order valence-electron chi connectivity index (χ1n) is 12.3. The third-order valence-corrected chi connectivity index (χ3v) is 9.88. The minimum absolute atomic E-state index is 0.246. The molecule has 0 aliphatic heterocycles. The van der Waals surface area contributed by atoms with Gasteiger partial charge in [0.25, 0.3) is 0 Å². The average Bonchev–Trinajstić information content (AvgIpc) is 3.03. The minimum atomic E-state index is 0.246. The molecule has 0 bridgehead atoms. The molecule has 0 heterocycles. The van der Waals surface area contributed by atoms with Crippen LogP contribution in [0.5, 0.6) is 0 Å². The molecule has 1 heteroatoms. The summed E-state index contributed by atoms with van der Waals surface area (Å²) in [5.74, 6) is 4.66. The lowest BCUT2D eigenvalue weighted by atomic mass is 9.50. The second-order valence-corrected chi connectivity index (χ2v) is 11.6. The monoisotopic (exact) mass is 394 g/mol. The number of hydrogen-bond donors (Lipinski definition) is 0. The quantitative estimate of drug-likeness (QED) is 0.450. The van der Waals surface area contributed by atoms with E-state index in [9.17, 15) is 4.79 Å². The summed E-state index contributed by atoms with van der Waals surface area (Å²) >= 11 is 0. The molecule has 0 amide bonds. The van der Waals surface area contributed by atoms with Gasteiger partial charge >= 0.3 is 0 Å². The van der Waals surface area contributed by atoms with Crippen LogP contribution in [0.25, 0.3) is 0 Å². The molecule has 0 aromatic rings. The molecule has 2 fully saturated rings. The van der Waals surface area contributed by atoms with Crippen molar-refractivity contribution < 1.29 is 4.79 Å². The van der Waals surface area contributed by atoms with E-state index in [0.717, 1.165) is 37.0 Å². The number of allylic oxidation sites excluding steroid dienone is 6. The lowest BCUT2D eigenvalue weighted by Crippen LogP contribution is -2.46. The third kappa shape index (κ3) is 3.41. The predicted octanol–water partition coefficient (Wildman–Crippen LogP) is 7.54. The largest absolute Gasteiger partial charge is 0.295 e. The average molecular weight is 395 g/mol. The Labute approximate surface area is 179 Å². The Bertz CT molecular complexity index is 752. The van der Waals surface area contributed by atoms with Gasteiger partial charge in [0, 0.05) is 6.42 Å². The van der Waals surface area contributed by atoms with Crippen molar-refractivity contribution in [3.8, 4) is 0 Å². The minimum Gasteiger partial charge on any atom is -0.295 e. The van der Waals surface area contributed by atoms with Gasteiger partial charge in [-0.05, 0) is 90.9 Å². The molecule has 4 aliphatic rings. The van der Waals surface area contributed by atoms with Crippen LogP contribution in [0.15, 0.2) is 35.5 Å². The first-order chi connectivity index (χ1) is 13.7. The Kier molecular flexibility index (Phi) is 5.50. The van der Waals surface area contributed by atoms with Crippen LogP contribution in [0.4, 0.5) is 0 Å². The van der Waals surface area contributed by atoms with Gasteiger partial charge in [-0.25, -0.2) is 0 Å². The molecule has 0 saturated heterocycles. The molecule has 0 aromatic heterocycles. The van der Waals surface area contributed by atoms with Gasteiger partial charge < -0.3 is 0 Å². The standard InChI is InChI=1S/C28H42O/c1-18(2)19(3)7-8-20(4)24-11-12-25-23-10-9-21-17-22(29)13-15-27(21,5)26(23)14-16-28(24,25)6/h7-8,10,17-20,24-26H,9,11-16H2,1-6H3/b8-7+/t19-,20+,24-,25+,26+,27-,28+/m0/s1. The maximum Gasteiger partial charge on any atom is 0.155 e. The van der Waals surface area contributed by atoms with E-state index >= 15 is 0 Å². The third-order valence-electron chi connectivity index (χ3n) is 9.88. The number of ketones is 1. The van der Waals surface area contributed by atoms with E-state index in [1.165, 1.54) is 31.3 Å². The van der Waals surface area contributed by atoms with E-state index in [1.54, 1.807) is 5.57 Å². The molecule has 0 radical (unpaired) electrons. The Morgan fingerprint density at radius 3 is 2.48 bits per heavy atom. The maximum atomic E-state index is 12.0. The molecule has 4 rings (SSSR count). The lowest BCUT2D eigenvalue weighted by molar-refractivity contribution is -0.116. The number of carbonyl (C=O) groups excluding carboxylic acids is 1. The predicted molar refractivity (Wildman–Crippen MR) is 122 cm³/mol. The molecule has 29 heavy (non-hydrogen) atoms. The van der Waals surface area contributed by atoms with Crippen LogP contribution in [0, 0.1) is 46.3 Å². The number of fused-ring (bicyclic) bond motifs is 5. The van der Waals surface area contributed by atoms with Gasteiger partial charge in [-0.3, -0.25) is 4.79 Å². The van der Waals surface area contributed by atoms with Gasteiger partial charge in [-0.1, -0.05) is 70.9 Å². The first kappa shape index (κ1) is 21.1. The molecule has 7 atom stereocenters. The van der Waals surface area contributed by atoms with Gasteiger partial charge in [0.1, 0.15) is 0 Å². The van der Waals surface area contributed by atoms with Gasteiger partial charge in [0.2, 0.25) is 0 Å². The highest BCUT2D eigenvalue weighted by Gasteiger charge is 2.56. The van der Waals surface area contributed by atoms with E-state index in [-0.39, 0.29) is 5.41 Å². The Hall–Kier alpha value is -1.11. The molecule has 1 nitrogen and oxygen atoms in total. The maximum absolute atomic E-state index is 12.0. The van der Waals surface area contributed by atoms with Crippen molar-refractivity contribution in [2.45, 2.75) is 86.5 Å². The van der Waals surface area contributed by atoms with Crippen molar-refractivity contribution in [3.05, 3.63) is 35.5 Å². The number of hydrogen-bond acceptors (Lipinski definition) is 1. The summed E-state index contributed by atoms with van der Waals surface area (Å²) in [6.07, 6.45) is 17.9. The molecule has 0 unspecified atom stereocenters. The fourth-order valence-electron chi connectivity index (χ4n) is 7.47. The SMILES string of the molecule is CC(C)[C@@H](C)/C=C/[C@@H](C)[C@@H]1CC[C@@H]2C3=CCC4=CC(=O)CC[C@]4(C)[C@@H]3CC[C@@]21C. The molecule has 160 valence electrons. The van der Waals surface area contributed by atoms with Crippen LogP contribution < -0.4 is 0 Å². The van der Waals surface area contributed by atoms with Gasteiger partial charge in [-0.15, -0.1) is 0 Å². The zero-order chi connectivity index (χ0) is 21.0. The van der Waals surface area contributed by atoms with Crippen molar-refractivity contribution in [1.82, 2.24) is 0 Å². The Morgan fingerprint density at radius 2 is 1.76 bits per heavy atom. The molecular weight excluding hydrogens is 352 g/mol. The van der Waals surface area contributed by atoms with Gasteiger partial charge in [0.15, 0.2) is 5.78 Å². The topological polar surface area (TPSA) is 17.1 Å². The van der Waals surface area contributed by atoms with E-state index < -0.39 is 0 Å². The molecule has 2 saturated carbocycles. The van der Waals surface area contributed by atoms with Crippen LogP contribution in [0.3, 0.4) is 0 Å². The van der Waals surface area contributed by atoms with Crippen molar-refractivity contribution in [2.75, 3.05) is 0 Å². The Balaban J connectivity index is 1.57. The summed E-state index contributed by atoms with van der Waals surface area (Å²) in [6.45, 7) is 14.6. The summed E-state index contributed by atoms with van der Waals surface area (Å²) in [7, 11) is 0. The van der Waals surface area contributed by atoms with Crippen LogP contribution >= 0.6 is 0 Å². The fourth-order valence-corrected chi connectivity index (χ4v) is 7.47. The smallest absolute Gasteiger partial charge is 0.155 e. The molecule has 0 N–H and O–H groups in total. The van der Waals surface area contributed by atoms with E-state index in [2.05, 4.69) is 59.8 Å². The zero-order valence-electron chi connectivity index (χ0n) is 19.6. The Morgan fingerprint density at radius 1 is 1.00 bits per heavy atom. The van der Waals surface area contributed by atoms with Crippen molar-refractivity contribution in [1.29, 1.82) is 0 Å². The highest BCUT2D eigenvalue weighted by Crippen LogP contribution is 2.66. The summed E-state index contributed by atoms with van der Waals surface area (Å²) in [4.78, 5) is 12.0. The molecule has 4 aliphatic carbocycles. The molecule has 0 spiro atoms. The van der Waals surface area contributed by atoms with Gasteiger partial charge in [0.05, 0.1) is 0 Å². The number of rotatable bonds is 4. The van der Waals surface area contributed by atoms with Crippen molar-refractivity contribution in [2.24, 2.45) is 46.3 Å². The summed E-state index contributed by atoms with van der Waals surface area (Å²) in [5, 5.41) is 0. The summed E-state index contributed by atoms with van der Waals surface area (Å²) < 4.78 is 0. The van der Waals surface area contributed by atoms with Crippen LogP contribution in [-0.4, -0.2) is 5.78 Å². The van der Waals surface area contributed by atoms with Crippen molar-refractivity contribution in [3.63, 3.8) is 0 Å². The van der Waals surface area contributed by atoms with E-state index in [4.69, 9.17) is 0 Å². The van der Waals surface area contributed by atoms with Gasteiger partial charge in [-0.2, -0.15) is 0 Å². The highest BCUT2D eigenvalue weighted by atomic mass is 16.1. The number of carbonyl (C=O) groups is 1. The first-order valence-corrected chi connectivity index (χ1v) is 12.3. The van der Waals surface area contributed by atoms with Crippen LogP contribution in [-0.2, 0) is 4.79 Å². The lowest BCUT2D eigenvalue weighted by Gasteiger charge is -2.54. The summed E-state index contributed by atoms with van der Waals surface area (Å²) in [6, 6.07) is 0. The van der Waals surface area contributed by atoms with Crippen molar-refractivity contribution >= 4 is 5.78 Å². The fraction of sp³-hybridized carbons (Fsp3) is 0.750. The molecular formula is C28H42O. The van der Waals surface area contributed by atoms with Crippen LogP contribution in [0.1, 0.15) is 86.5 Å². The normalized spacial score (nSPS) is 41.5. The highest BCUT2D eigenvalue weighted by molar-refractivity contribution is 5.91. The van der Waals surface area contributed by atoms with E-state index in [1.807, 2.05) is 6.08 Å². The second-order valence-electron chi connectivity index (χ2n) is 11.6. The second kappa shape index (κ2) is 7.54. The zero-order valence-corrected chi connectivity index (χ0v) is 19.6. The van der Waals surface area contributed by atoms with E-state index in [0.29, 0.717) is 29.0 Å². The van der Waals surface area contributed by atoms with Crippen LogP contribution in [0.2, 0.25) is 0 Å². The summed E-state index contributed by atoms with van der Waals surface area (Å²) in [5.41, 5.74) is 3.91. The molecule has 0 aromatic carbocycles.